The molecule has 1 aromatic heterocycles. The summed E-state index contributed by atoms with van der Waals surface area (Å²) < 4.78 is 6.07. The number of nitrogens with zero attached hydrogens (tertiary/aromatic N) is 1. The second kappa shape index (κ2) is 7.21. The van der Waals surface area contributed by atoms with E-state index < -0.39 is 0 Å². The lowest BCUT2D eigenvalue weighted by molar-refractivity contribution is -0.118. The number of amides is 1. The van der Waals surface area contributed by atoms with Crippen LogP contribution in [-0.4, -0.2) is 23.3 Å². The summed E-state index contributed by atoms with van der Waals surface area (Å²) in [4.78, 5) is 27.9. The number of thiazole rings is 1. The summed E-state index contributed by atoms with van der Waals surface area (Å²) in [7, 11) is 0. The number of halogens is 2. The molecule has 0 aliphatic heterocycles. The normalized spacial score (nSPS) is 10.4. The van der Waals surface area contributed by atoms with Gasteiger partial charge in [0, 0.05) is 11.9 Å². The first kappa shape index (κ1) is 16.9. The minimum atomic E-state index is -0.356. The van der Waals surface area contributed by atoms with Gasteiger partial charge < -0.3 is 4.74 Å². The average molecular weight is 404 g/mol. The number of hydrogen-bond donors (Lipinski definition) is 1. The molecule has 0 fully saturated rings. The van der Waals surface area contributed by atoms with Gasteiger partial charge in [-0.05, 0) is 41.1 Å². The molecule has 1 amide bonds. The smallest absolute Gasteiger partial charge is 0.264 e. The Labute approximate surface area is 144 Å². The fourth-order valence-electron chi connectivity index (χ4n) is 1.67. The van der Waals surface area contributed by atoms with Crippen LogP contribution in [0.2, 0.25) is 5.02 Å². The van der Waals surface area contributed by atoms with Crippen LogP contribution in [0.15, 0.2) is 22.7 Å². The number of aryl methyl sites for hydroxylation is 1. The molecule has 2 aromatic rings. The fraction of sp³-hybridized carbons (Fsp3) is 0.214. The number of ketones is 1. The van der Waals surface area contributed by atoms with Gasteiger partial charge in [0.05, 0.1) is 15.0 Å². The number of carbonyl (C=O) groups is 2. The van der Waals surface area contributed by atoms with Crippen LogP contribution < -0.4 is 10.1 Å². The summed E-state index contributed by atoms with van der Waals surface area (Å²) in [5, 5.41) is 3.56. The van der Waals surface area contributed by atoms with E-state index in [2.05, 4.69) is 26.2 Å². The van der Waals surface area contributed by atoms with E-state index in [0.29, 0.717) is 30.9 Å². The number of rotatable bonds is 5. The highest BCUT2D eigenvalue weighted by atomic mass is 79.9. The second-order valence-electron chi connectivity index (χ2n) is 4.40. The predicted molar refractivity (Wildman–Crippen MR) is 90.1 cm³/mol. The first-order valence-electron chi connectivity index (χ1n) is 6.23. The summed E-state index contributed by atoms with van der Waals surface area (Å²) in [6, 6.07) is 5.02. The molecule has 22 heavy (non-hydrogen) atoms. The third-order valence-electron chi connectivity index (χ3n) is 2.62. The number of ether oxygens (including phenoxy) is 1. The van der Waals surface area contributed by atoms with Crippen molar-refractivity contribution in [1.82, 2.24) is 4.98 Å². The molecule has 116 valence electrons. The van der Waals surface area contributed by atoms with E-state index in [0.717, 1.165) is 11.3 Å². The molecular weight excluding hydrogens is 392 g/mol. The lowest BCUT2D eigenvalue weighted by Gasteiger charge is -2.07. The van der Waals surface area contributed by atoms with Crippen LogP contribution >= 0.6 is 38.9 Å². The Morgan fingerprint density at radius 2 is 2.18 bits per heavy atom. The average Bonchev–Trinajstić information content (AvgIpc) is 2.78. The fourth-order valence-corrected chi connectivity index (χ4v) is 3.34. The maximum Gasteiger partial charge on any atom is 0.264 e. The maximum absolute atomic E-state index is 11.9. The standard InChI is InChI=1S/C14H12BrClN2O3S/c1-7-13(8(2)19)22-14(17-7)18-12(20)6-21-11-4-3-9(16)5-10(11)15/h3-5H,6H2,1-2H3,(H,17,18,20). The molecule has 0 unspecified atom stereocenters. The molecule has 1 heterocycles. The first-order chi connectivity index (χ1) is 10.4. The second-order valence-corrected chi connectivity index (χ2v) is 6.69. The number of benzene rings is 1. The van der Waals surface area contributed by atoms with Gasteiger partial charge in [0.1, 0.15) is 5.75 Å². The number of carbonyl (C=O) groups excluding carboxylic acids is 2. The monoisotopic (exact) mass is 402 g/mol. The molecule has 0 radical (unpaired) electrons. The van der Waals surface area contributed by atoms with E-state index in [1.807, 2.05) is 0 Å². The van der Waals surface area contributed by atoms with Gasteiger partial charge in [0.2, 0.25) is 0 Å². The number of nitrogens with one attached hydrogen (secondary N) is 1. The van der Waals surface area contributed by atoms with E-state index in [-0.39, 0.29) is 18.3 Å². The quantitative estimate of drug-likeness (QED) is 0.764. The number of Topliss-reactive ketones (excluding diaryl/α,β-unsaturated/α-hetero) is 1. The number of aromatic nitrogens is 1. The Hall–Kier alpha value is -1.44. The van der Waals surface area contributed by atoms with Gasteiger partial charge in [0.25, 0.3) is 5.91 Å². The zero-order valence-electron chi connectivity index (χ0n) is 11.8. The van der Waals surface area contributed by atoms with E-state index in [1.165, 1.54) is 6.92 Å². The van der Waals surface area contributed by atoms with Crippen LogP contribution in [-0.2, 0) is 4.79 Å². The third-order valence-corrected chi connectivity index (χ3v) is 4.64. The highest BCUT2D eigenvalue weighted by Gasteiger charge is 2.14. The molecule has 8 heteroatoms. The van der Waals surface area contributed by atoms with Crippen molar-refractivity contribution in [1.29, 1.82) is 0 Å². The van der Waals surface area contributed by atoms with Gasteiger partial charge in [-0.25, -0.2) is 4.98 Å². The highest BCUT2D eigenvalue weighted by molar-refractivity contribution is 9.10. The molecule has 0 atom stereocenters. The van der Waals surface area contributed by atoms with Gasteiger partial charge in [-0.3, -0.25) is 14.9 Å². The molecular formula is C14H12BrClN2O3S. The van der Waals surface area contributed by atoms with Crippen molar-refractivity contribution < 1.29 is 14.3 Å². The lowest BCUT2D eigenvalue weighted by Crippen LogP contribution is -2.20. The van der Waals surface area contributed by atoms with Crippen molar-refractivity contribution in [2.24, 2.45) is 0 Å². The summed E-state index contributed by atoms with van der Waals surface area (Å²) in [6.07, 6.45) is 0. The van der Waals surface area contributed by atoms with Crippen LogP contribution in [0.4, 0.5) is 5.13 Å². The summed E-state index contributed by atoms with van der Waals surface area (Å²) in [5.74, 6) is 0.0850. The van der Waals surface area contributed by atoms with Gasteiger partial charge in [-0.1, -0.05) is 22.9 Å². The minimum absolute atomic E-state index is 0.0724. The molecule has 0 spiro atoms. The Balaban J connectivity index is 1.96. The zero-order chi connectivity index (χ0) is 16.3. The molecule has 2 rings (SSSR count). The topological polar surface area (TPSA) is 68.3 Å². The van der Waals surface area contributed by atoms with Gasteiger partial charge in [-0.2, -0.15) is 0 Å². The Morgan fingerprint density at radius 3 is 2.77 bits per heavy atom. The number of anilines is 1. The van der Waals surface area contributed by atoms with Crippen LogP contribution in [0.1, 0.15) is 22.3 Å². The van der Waals surface area contributed by atoms with Crippen molar-refractivity contribution in [2.45, 2.75) is 13.8 Å². The van der Waals surface area contributed by atoms with E-state index >= 15 is 0 Å². The molecule has 0 saturated carbocycles. The Bertz CT molecular complexity index is 733. The Kier molecular flexibility index (Phi) is 5.55. The molecule has 1 N–H and O–H groups in total. The van der Waals surface area contributed by atoms with Gasteiger partial charge in [-0.15, -0.1) is 0 Å². The minimum Gasteiger partial charge on any atom is -0.483 e. The van der Waals surface area contributed by atoms with Crippen molar-refractivity contribution in [3.63, 3.8) is 0 Å². The van der Waals surface area contributed by atoms with Crippen molar-refractivity contribution in [2.75, 3.05) is 11.9 Å². The molecule has 5 nitrogen and oxygen atoms in total. The van der Waals surface area contributed by atoms with Crippen LogP contribution in [0.25, 0.3) is 0 Å². The van der Waals surface area contributed by atoms with Crippen LogP contribution in [0.3, 0.4) is 0 Å². The summed E-state index contributed by atoms with van der Waals surface area (Å²) >= 11 is 10.3. The largest absolute Gasteiger partial charge is 0.483 e. The highest BCUT2D eigenvalue weighted by Crippen LogP contribution is 2.28. The van der Waals surface area contributed by atoms with E-state index in [4.69, 9.17) is 16.3 Å². The lowest BCUT2D eigenvalue weighted by atomic mass is 10.3. The SMILES string of the molecule is CC(=O)c1sc(NC(=O)COc2ccc(Cl)cc2Br)nc1C. The maximum atomic E-state index is 11.9. The van der Waals surface area contributed by atoms with Gasteiger partial charge >= 0.3 is 0 Å². The van der Waals surface area contributed by atoms with Crippen LogP contribution in [0.5, 0.6) is 5.75 Å². The molecule has 0 aliphatic rings. The molecule has 0 bridgehead atoms. The van der Waals surface area contributed by atoms with E-state index in [9.17, 15) is 9.59 Å². The predicted octanol–water partition coefficient (Wildman–Crippen LogP) is 4.09. The van der Waals surface area contributed by atoms with Crippen molar-refractivity contribution in [3.8, 4) is 5.75 Å². The van der Waals surface area contributed by atoms with Crippen LogP contribution in [0, 0.1) is 6.92 Å². The molecule has 0 aliphatic carbocycles. The molecule has 0 saturated heterocycles. The number of hydrogen-bond acceptors (Lipinski definition) is 5. The molecule has 1 aromatic carbocycles. The third kappa shape index (κ3) is 4.28. The van der Waals surface area contributed by atoms with Crippen molar-refractivity contribution >= 4 is 55.7 Å². The van der Waals surface area contributed by atoms with Crippen molar-refractivity contribution in [3.05, 3.63) is 38.3 Å². The Morgan fingerprint density at radius 1 is 1.45 bits per heavy atom. The zero-order valence-corrected chi connectivity index (χ0v) is 14.9. The van der Waals surface area contributed by atoms with E-state index in [1.54, 1.807) is 25.1 Å². The first-order valence-corrected chi connectivity index (χ1v) is 8.21. The van der Waals surface area contributed by atoms with Gasteiger partial charge in [0.15, 0.2) is 17.5 Å². The summed E-state index contributed by atoms with van der Waals surface area (Å²) in [6.45, 7) is 3.02. The summed E-state index contributed by atoms with van der Waals surface area (Å²) in [5.41, 5.74) is 0.606.